The molecule has 2 fully saturated rings. The maximum absolute atomic E-state index is 13.1. The third-order valence-corrected chi connectivity index (χ3v) is 6.12. The molecule has 152 valence electrons. The van der Waals surface area contributed by atoms with Gasteiger partial charge in [0.2, 0.25) is 11.8 Å². The molecule has 0 aromatic heterocycles. The molecule has 0 saturated carbocycles. The molecule has 2 unspecified atom stereocenters. The average molecular weight is 412 g/mol. The van der Waals surface area contributed by atoms with E-state index in [9.17, 15) is 9.59 Å². The van der Waals surface area contributed by atoms with E-state index >= 15 is 0 Å². The van der Waals surface area contributed by atoms with Gasteiger partial charge in [-0.1, -0.05) is 54.1 Å². The van der Waals surface area contributed by atoms with Gasteiger partial charge < -0.3 is 15.1 Å². The van der Waals surface area contributed by atoms with Crippen molar-refractivity contribution in [3.8, 4) is 0 Å². The van der Waals surface area contributed by atoms with Crippen LogP contribution in [0.25, 0.3) is 0 Å². The van der Waals surface area contributed by atoms with Gasteiger partial charge in [-0.05, 0) is 43.6 Å². The number of nitrogens with one attached hydrogen (secondary N) is 1. The number of halogens is 1. The fourth-order valence-corrected chi connectivity index (χ4v) is 4.46. The molecule has 0 aliphatic carbocycles. The highest BCUT2D eigenvalue weighted by atomic mass is 35.5. The van der Waals surface area contributed by atoms with Crippen molar-refractivity contribution in [1.82, 2.24) is 10.2 Å². The second-order valence-electron chi connectivity index (χ2n) is 7.84. The Labute approximate surface area is 176 Å². The Bertz CT molecular complexity index is 867. The number of benzene rings is 2. The Balaban J connectivity index is 1.46. The fraction of sp³-hybridized carbons (Fsp3) is 0.391. The lowest BCUT2D eigenvalue weighted by atomic mass is 10.0. The number of para-hydroxylation sites is 1. The summed E-state index contributed by atoms with van der Waals surface area (Å²) in [7, 11) is 0. The molecule has 5 nitrogen and oxygen atoms in total. The number of likely N-dealkylation sites (tertiary alicyclic amines) is 1. The summed E-state index contributed by atoms with van der Waals surface area (Å²) in [4.78, 5) is 29.7. The average Bonchev–Trinajstić information content (AvgIpc) is 3.38. The van der Waals surface area contributed by atoms with Crippen LogP contribution in [0.1, 0.15) is 30.9 Å². The molecule has 2 aromatic carbocycles. The lowest BCUT2D eigenvalue weighted by molar-refractivity contribution is -0.127. The Morgan fingerprint density at radius 3 is 2.48 bits per heavy atom. The maximum atomic E-state index is 13.1. The molecule has 2 atom stereocenters. The van der Waals surface area contributed by atoms with Crippen LogP contribution in [-0.4, -0.2) is 42.9 Å². The zero-order chi connectivity index (χ0) is 20.2. The molecule has 2 saturated heterocycles. The van der Waals surface area contributed by atoms with Gasteiger partial charge in [-0.15, -0.1) is 0 Å². The van der Waals surface area contributed by atoms with Crippen molar-refractivity contribution < 1.29 is 9.59 Å². The van der Waals surface area contributed by atoms with Crippen LogP contribution in [-0.2, 0) is 9.59 Å². The van der Waals surface area contributed by atoms with Crippen LogP contribution in [0.5, 0.6) is 0 Å². The zero-order valence-electron chi connectivity index (χ0n) is 16.4. The lowest BCUT2D eigenvalue weighted by Gasteiger charge is -2.26. The Kier molecular flexibility index (Phi) is 6.16. The highest BCUT2D eigenvalue weighted by Crippen LogP contribution is 2.31. The van der Waals surface area contributed by atoms with Crippen LogP contribution in [0.3, 0.4) is 0 Å². The second-order valence-corrected chi connectivity index (χ2v) is 8.24. The summed E-state index contributed by atoms with van der Waals surface area (Å²) in [6.45, 7) is 3.30. The van der Waals surface area contributed by atoms with Crippen LogP contribution in [0, 0.1) is 5.92 Å². The van der Waals surface area contributed by atoms with E-state index in [-0.39, 0.29) is 30.2 Å². The molecule has 0 spiro atoms. The normalized spacial score (nSPS) is 20.8. The minimum Gasteiger partial charge on any atom is -0.348 e. The first-order valence-corrected chi connectivity index (χ1v) is 10.6. The lowest BCUT2D eigenvalue weighted by Crippen LogP contribution is -2.40. The molecular weight excluding hydrogens is 386 g/mol. The topological polar surface area (TPSA) is 52.7 Å². The molecule has 6 heteroatoms. The monoisotopic (exact) mass is 411 g/mol. The van der Waals surface area contributed by atoms with E-state index in [4.69, 9.17) is 11.6 Å². The van der Waals surface area contributed by atoms with E-state index < -0.39 is 0 Å². The van der Waals surface area contributed by atoms with E-state index in [2.05, 4.69) is 22.3 Å². The molecule has 0 bridgehead atoms. The van der Waals surface area contributed by atoms with Crippen molar-refractivity contribution in [2.45, 2.75) is 25.3 Å². The maximum Gasteiger partial charge on any atom is 0.227 e. The summed E-state index contributed by atoms with van der Waals surface area (Å²) < 4.78 is 0. The van der Waals surface area contributed by atoms with Gasteiger partial charge in [0.1, 0.15) is 0 Å². The number of rotatable bonds is 6. The van der Waals surface area contributed by atoms with Crippen molar-refractivity contribution in [3.63, 3.8) is 0 Å². The molecule has 29 heavy (non-hydrogen) atoms. The largest absolute Gasteiger partial charge is 0.348 e. The Morgan fingerprint density at radius 2 is 1.76 bits per heavy atom. The molecular formula is C23H26ClN3O2. The first-order valence-electron chi connectivity index (χ1n) is 10.2. The van der Waals surface area contributed by atoms with Gasteiger partial charge >= 0.3 is 0 Å². The molecule has 2 aliphatic rings. The summed E-state index contributed by atoms with van der Waals surface area (Å²) in [5, 5.41) is 3.74. The zero-order valence-corrected chi connectivity index (χ0v) is 17.1. The SMILES string of the molecule is O=C(NC(CN1CCCC1)c1ccccc1)C1CC(=O)N(c2ccccc2Cl)C1. The van der Waals surface area contributed by atoms with Crippen molar-refractivity contribution in [1.29, 1.82) is 0 Å². The standard InChI is InChI=1S/C23H26ClN3O2/c24-19-10-4-5-11-21(19)27-15-18(14-22(27)28)23(29)25-20(16-26-12-6-7-13-26)17-8-2-1-3-9-17/h1-5,8-11,18,20H,6-7,12-16H2,(H,25,29). The predicted molar refractivity (Wildman–Crippen MR) is 115 cm³/mol. The quantitative estimate of drug-likeness (QED) is 0.789. The van der Waals surface area contributed by atoms with E-state index in [1.807, 2.05) is 36.4 Å². The molecule has 2 heterocycles. The number of carbonyl (C=O) groups is 2. The van der Waals surface area contributed by atoms with Gasteiger partial charge in [0.15, 0.2) is 0 Å². The summed E-state index contributed by atoms with van der Waals surface area (Å²) in [6, 6.07) is 17.3. The van der Waals surface area contributed by atoms with Gasteiger partial charge in [0.25, 0.3) is 0 Å². The summed E-state index contributed by atoms with van der Waals surface area (Å²) >= 11 is 6.26. The molecule has 0 radical (unpaired) electrons. The first-order chi connectivity index (χ1) is 14.1. The van der Waals surface area contributed by atoms with E-state index in [1.165, 1.54) is 12.8 Å². The highest BCUT2D eigenvalue weighted by molar-refractivity contribution is 6.33. The molecule has 2 aliphatic heterocycles. The highest BCUT2D eigenvalue weighted by Gasteiger charge is 2.36. The Hall–Kier alpha value is -2.37. The van der Waals surface area contributed by atoms with E-state index in [0.29, 0.717) is 17.3 Å². The summed E-state index contributed by atoms with van der Waals surface area (Å²) in [5.74, 6) is -0.501. The second kappa shape index (κ2) is 8.97. The molecule has 2 amide bonds. The van der Waals surface area contributed by atoms with Crippen LogP contribution in [0.2, 0.25) is 5.02 Å². The number of anilines is 1. The fourth-order valence-electron chi connectivity index (χ4n) is 4.22. The van der Waals surface area contributed by atoms with E-state index in [0.717, 1.165) is 25.2 Å². The smallest absolute Gasteiger partial charge is 0.227 e. The summed E-state index contributed by atoms with van der Waals surface area (Å²) in [6.07, 6.45) is 2.63. The number of amides is 2. The first kappa shape index (κ1) is 19.9. The van der Waals surface area contributed by atoms with Gasteiger partial charge in [0, 0.05) is 19.5 Å². The molecule has 4 rings (SSSR count). The van der Waals surface area contributed by atoms with Gasteiger partial charge in [-0.2, -0.15) is 0 Å². The summed E-state index contributed by atoms with van der Waals surface area (Å²) in [5.41, 5.74) is 1.77. The number of hydrogen-bond acceptors (Lipinski definition) is 3. The third kappa shape index (κ3) is 4.62. The van der Waals surface area contributed by atoms with Crippen molar-refractivity contribution in [3.05, 3.63) is 65.2 Å². The third-order valence-electron chi connectivity index (χ3n) is 5.80. The minimum absolute atomic E-state index is 0.0611. The van der Waals surface area contributed by atoms with Gasteiger partial charge in [-0.25, -0.2) is 0 Å². The van der Waals surface area contributed by atoms with Crippen LogP contribution in [0.15, 0.2) is 54.6 Å². The number of hydrogen-bond donors (Lipinski definition) is 1. The van der Waals surface area contributed by atoms with E-state index in [1.54, 1.807) is 11.0 Å². The minimum atomic E-state index is -0.372. The Morgan fingerprint density at radius 1 is 1.07 bits per heavy atom. The van der Waals surface area contributed by atoms with Crippen molar-refractivity contribution in [2.24, 2.45) is 5.92 Å². The van der Waals surface area contributed by atoms with Crippen molar-refractivity contribution >= 4 is 29.1 Å². The molecule has 1 N–H and O–H groups in total. The molecule has 2 aromatic rings. The number of carbonyl (C=O) groups excluding carboxylic acids is 2. The van der Waals surface area contributed by atoms with Crippen LogP contribution >= 0.6 is 11.6 Å². The predicted octanol–water partition coefficient (Wildman–Crippen LogP) is 3.65. The van der Waals surface area contributed by atoms with Crippen LogP contribution < -0.4 is 10.2 Å². The van der Waals surface area contributed by atoms with Crippen LogP contribution in [0.4, 0.5) is 5.69 Å². The van der Waals surface area contributed by atoms with Gasteiger partial charge in [0.05, 0.1) is 22.7 Å². The van der Waals surface area contributed by atoms with Crippen molar-refractivity contribution in [2.75, 3.05) is 31.1 Å². The number of nitrogens with zero attached hydrogens (tertiary/aromatic N) is 2. The van der Waals surface area contributed by atoms with Gasteiger partial charge in [-0.3, -0.25) is 9.59 Å².